The first-order valence-corrected chi connectivity index (χ1v) is 9.50. The summed E-state index contributed by atoms with van der Waals surface area (Å²) in [4.78, 5) is 18.5. The first kappa shape index (κ1) is 21.7. The second-order valence-corrected chi connectivity index (χ2v) is 7.87. The van der Waals surface area contributed by atoms with E-state index in [1.165, 1.54) is 0 Å². The molecule has 1 unspecified atom stereocenters. The molecule has 8 heteroatoms. The van der Waals surface area contributed by atoms with Crippen LogP contribution in [-0.4, -0.2) is 64.3 Å². The van der Waals surface area contributed by atoms with Crippen molar-refractivity contribution in [3.8, 4) is 11.5 Å². The maximum atomic E-state index is 12.0. The van der Waals surface area contributed by atoms with Gasteiger partial charge in [-0.05, 0) is 27.2 Å². The summed E-state index contributed by atoms with van der Waals surface area (Å²) >= 11 is 0. The Morgan fingerprint density at radius 1 is 1.21 bits per heavy atom. The van der Waals surface area contributed by atoms with Gasteiger partial charge in [0, 0.05) is 55.6 Å². The number of carbonyl (C=O) groups excluding carboxylic acids is 1. The number of carbonyl (C=O) groups is 1. The summed E-state index contributed by atoms with van der Waals surface area (Å²) in [7, 11) is 5.01. The van der Waals surface area contributed by atoms with Crippen molar-refractivity contribution in [1.29, 1.82) is 0 Å². The van der Waals surface area contributed by atoms with E-state index in [1.807, 2.05) is 39.0 Å². The largest absolute Gasteiger partial charge is 0.497 e. The number of amides is 1. The molecule has 8 nitrogen and oxygen atoms in total. The minimum atomic E-state index is -0.251. The fourth-order valence-corrected chi connectivity index (χ4v) is 3.10. The minimum Gasteiger partial charge on any atom is -0.497 e. The second kappa shape index (κ2) is 9.52. The number of nitrogens with zero attached hydrogens (tertiary/aromatic N) is 2. The second-order valence-electron chi connectivity index (χ2n) is 7.87. The smallest absolute Gasteiger partial charge is 0.239 e. The summed E-state index contributed by atoms with van der Waals surface area (Å²) in [6.45, 7) is 7.79. The monoisotopic (exact) mass is 391 g/mol. The van der Waals surface area contributed by atoms with E-state index >= 15 is 0 Å². The first-order chi connectivity index (χ1) is 13.2. The molecule has 0 saturated carbocycles. The Bertz CT molecular complexity index is 677. The fraction of sp³-hybridized carbons (Fsp3) is 0.600. The van der Waals surface area contributed by atoms with Crippen molar-refractivity contribution in [2.24, 2.45) is 4.99 Å². The molecule has 1 aromatic carbocycles. The Morgan fingerprint density at radius 2 is 1.86 bits per heavy atom. The lowest BCUT2D eigenvalue weighted by atomic mass is 10.1. The van der Waals surface area contributed by atoms with Crippen LogP contribution in [0.15, 0.2) is 23.2 Å². The maximum Gasteiger partial charge on any atom is 0.239 e. The minimum absolute atomic E-state index is 0.0630. The van der Waals surface area contributed by atoms with Crippen LogP contribution in [-0.2, 0) is 4.79 Å². The molecule has 0 aromatic heterocycles. The van der Waals surface area contributed by atoms with Crippen LogP contribution in [0.1, 0.15) is 27.2 Å². The standard InChI is InChI=1S/C20H33N5O3/c1-20(2,3)24-18(26)12-22-19(21-4)23-14-7-8-25(13-14)15-9-16(27-5)11-17(10-15)28-6/h9-11,14H,7-8,12-13H2,1-6H3,(H,24,26)(H2,21,22,23). The van der Waals surface area contributed by atoms with Gasteiger partial charge in [-0.15, -0.1) is 0 Å². The van der Waals surface area contributed by atoms with Crippen molar-refractivity contribution in [3.63, 3.8) is 0 Å². The van der Waals surface area contributed by atoms with Crippen LogP contribution >= 0.6 is 0 Å². The van der Waals surface area contributed by atoms with E-state index < -0.39 is 0 Å². The fourth-order valence-electron chi connectivity index (χ4n) is 3.10. The normalized spacial score (nSPS) is 17.3. The Morgan fingerprint density at radius 3 is 2.39 bits per heavy atom. The molecule has 1 heterocycles. The summed E-state index contributed by atoms with van der Waals surface area (Å²) in [5, 5.41) is 9.40. The van der Waals surface area contributed by atoms with Crippen molar-refractivity contribution in [1.82, 2.24) is 16.0 Å². The number of benzene rings is 1. The van der Waals surface area contributed by atoms with Gasteiger partial charge in [0.05, 0.1) is 20.8 Å². The van der Waals surface area contributed by atoms with Gasteiger partial charge in [-0.1, -0.05) is 0 Å². The molecular formula is C20H33N5O3. The zero-order chi connectivity index (χ0) is 20.7. The number of nitrogens with one attached hydrogen (secondary N) is 3. The van der Waals surface area contributed by atoms with Gasteiger partial charge in [-0.25, -0.2) is 0 Å². The van der Waals surface area contributed by atoms with Gasteiger partial charge in [0.2, 0.25) is 5.91 Å². The molecule has 0 radical (unpaired) electrons. The zero-order valence-electron chi connectivity index (χ0n) is 17.8. The molecule has 156 valence electrons. The van der Waals surface area contributed by atoms with Crippen LogP contribution in [0, 0.1) is 0 Å². The highest BCUT2D eigenvalue weighted by atomic mass is 16.5. The number of anilines is 1. The molecule has 1 aliphatic heterocycles. The molecule has 0 spiro atoms. The van der Waals surface area contributed by atoms with Crippen LogP contribution in [0.5, 0.6) is 11.5 Å². The highest BCUT2D eigenvalue weighted by Crippen LogP contribution is 2.30. The Labute approximate surface area is 167 Å². The van der Waals surface area contributed by atoms with Crippen LogP contribution in [0.4, 0.5) is 5.69 Å². The van der Waals surface area contributed by atoms with E-state index in [9.17, 15) is 4.79 Å². The average molecular weight is 392 g/mol. The third-order valence-corrected chi connectivity index (χ3v) is 4.38. The molecule has 2 rings (SSSR count). The number of ether oxygens (including phenoxy) is 2. The van der Waals surface area contributed by atoms with Gasteiger partial charge in [0.15, 0.2) is 5.96 Å². The number of hydrogen-bond donors (Lipinski definition) is 3. The predicted molar refractivity (Wildman–Crippen MR) is 113 cm³/mol. The number of aliphatic imine (C=N–C) groups is 1. The lowest BCUT2D eigenvalue weighted by molar-refractivity contribution is -0.121. The highest BCUT2D eigenvalue weighted by molar-refractivity contribution is 5.86. The van der Waals surface area contributed by atoms with E-state index in [1.54, 1.807) is 21.3 Å². The SMILES string of the molecule is CN=C(NCC(=O)NC(C)(C)C)NC1CCN(c2cc(OC)cc(OC)c2)C1. The molecule has 3 N–H and O–H groups in total. The lowest BCUT2D eigenvalue weighted by Gasteiger charge is -2.22. The van der Waals surface area contributed by atoms with Gasteiger partial charge in [-0.2, -0.15) is 0 Å². The van der Waals surface area contributed by atoms with E-state index in [2.05, 4.69) is 25.8 Å². The van der Waals surface area contributed by atoms with Gasteiger partial charge < -0.3 is 30.3 Å². The van der Waals surface area contributed by atoms with E-state index in [-0.39, 0.29) is 24.0 Å². The lowest BCUT2D eigenvalue weighted by Crippen LogP contribution is -2.50. The number of rotatable bonds is 6. The van der Waals surface area contributed by atoms with Crippen molar-refractivity contribution >= 4 is 17.6 Å². The van der Waals surface area contributed by atoms with Crippen molar-refractivity contribution in [2.75, 3.05) is 45.8 Å². The summed E-state index contributed by atoms with van der Waals surface area (Å²) in [6.07, 6.45) is 0.967. The van der Waals surface area contributed by atoms with Gasteiger partial charge in [0.25, 0.3) is 0 Å². The summed E-state index contributed by atoms with van der Waals surface area (Å²) in [6, 6.07) is 6.11. The molecule has 1 atom stereocenters. The molecule has 0 aliphatic carbocycles. The van der Waals surface area contributed by atoms with Gasteiger partial charge >= 0.3 is 0 Å². The number of methoxy groups -OCH3 is 2. The van der Waals surface area contributed by atoms with E-state index in [4.69, 9.17) is 9.47 Å². The van der Waals surface area contributed by atoms with Gasteiger partial charge in [0.1, 0.15) is 11.5 Å². The third kappa shape index (κ3) is 6.51. The van der Waals surface area contributed by atoms with Crippen LogP contribution in [0.25, 0.3) is 0 Å². The molecule has 28 heavy (non-hydrogen) atoms. The van der Waals surface area contributed by atoms with E-state index in [0.29, 0.717) is 5.96 Å². The molecule has 0 bridgehead atoms. The van der Waals surface area contributed by atoms with Crippen LogP contribution in [0.2, 0.25) is 0 Å². The third-order valence-electron chi connectivity index (χ3n) is 4.38. The Kier molecular flexibility index (Phi) is 7.37. The quantitative estimate of drug-likeness (QED) is 0.501. The number of hydrogen-bond acceptors (Lipinski definition) is 5. The van der Waals surface area contributed by atoms with Crippen LogP contribution in [0.3, 0.4) is 0 Å². The molecule has 1 aliphatic rings. The summed E-state index contributed by atoms with van der Waals surface area (Å²) in [5.74, 6) is 2.10. The Hall–Kier alpha value is -2.64. The molecule has 1 fully saturated rings. The average Bonchev–Trinajstić information content (AvgIpc) is 3.11. The molecule has 1 aromatic rings. The van der Waals surface area contributed by atoms with Gasteiger partial charge in [-0.3, -0.25) is 9.79 Å². The molecular weight excluding hydrogens is 358 g/mol. The zero-order valence-corrected chi connectivity index (χ0v) is 17.8. The number of guanidine groups is 1. The Balaban J connectivity index is 1.90. The summed E-state index contributed by atoms with van der Waals surface area (Å²) < 4.78 is 10.7. The first-order valence-electron chi connectivity index (χ1n) is 9.50. The topological polar surface area (TPSA) is 87.2 Å². The highest BCUT2D eigenvalue weighted by Gasteiger charge is 2.24. The predicted octanol–water partition coefficient (Wildman–Crippen LogP) is 1.36. The molecule has 1 saturated heterocycles. The van der Waals surface area contributed by atoms with Crippen molar-refractivity contribution < 1.29 is 14.3 Å². The molecule has 1 amide bonds. The maximum absolute atomic E-state index is 12.0. The van der Waals surface area contributed by atoms with Crippen molar-refractivity contribution in [2.45, 2.75) is 38.8 Å². The van der Waals surface area contributed by atoms with Crippen molar-refractivity contribution in [3.05, 3.63) is 18.2 Å². The summed E-state index contributed by atoms with van der Waals surface area (Å²) in [5.41, 5.74) is 0.812. The van der Waals surface area contributed by atoms with E-state index in [0.717, 1.165) is 36.7 Å². The van der Waals surface area contributed by atoms with Crippen LogP contribution < -0.4 is 30.3 Å².